The molecule has 0 saturated heterocycles. The van der Waals surface area contributed by atoms with Crippen LogP contribution in [0.5, 0.6) is 5.75 Å². The van der Waals surface area contributed by atoms with Crippen LogP contribution in [0.2, 0.25) is 0 Å². The molecule has 0 radical (unpaired) electrons. The highest BCUT2D eigenvalue weighted by atomic mass is 16.5. The van der Waals surface area contributed by atoms with Crippen LogP contribution in [0.1, 0.15) is 5.56 Å². The summed E-state index contributed by atoms with van der Waals surface area (Å²) in [5.41, 5.74) is 0.650. The number of ether oxygens (including phenoxy) is 2. The zero-order valence-corrected chi connectivity index (χ0v) is 9.39. The number of aliphatic carboxylic acids is 1. The van der Waals surface area contributed by atoms with Gasteiger partial charge in [-0.3, -0.25) is 4.79 Å². The van der Waals surface area contributed by atoms with E-state index in [9.17, 15) is 4.79 Å². The summed E-state index contributed by atoms with van der Waals surface area (Å²) >= 11 is 0. The molecule has 1 rings (SSSR count). The second-order valence-corrected chi connectivity index (χ2v) is 3.28. The summed E-state index contributed by atoms with van der Waals surface area (Å²) < 4.78 is 10.5. The SMILES string of the molecule is C#CCOCCOc1ccccc1CC(=O)O. The van der Waals surface area contributed by atoms with E-state index in [1.165, 1.54) is 0 Å². The van der Waals surface area contributed by atoms with Crippen molar-refractivity contribution in [1.82, 2.24) is 0 Å². The van der Waals surface area contributed by atoms with Gasteiger partial charge in [-0.05, 0) is 6.07 Å². The topological polar surface area (TPSA) is 55.8 Å². The maximum atomic E-state index is 10.6. The zero-order chi connectivity index (χ0) is 12.5. The number of hydrogen-bond donors (Lipinski definition) is 1. The summed E-state index contributed by atoms with van der Waals surface area (Å²) in [6.45, 7) is 0.976. The Morgan fingerprint density at radius 3 is 2.82 bits per heavy atom. The lowest BCUT2D eigenvalue weighted by Crippen LogP contribution is -2.09. The molecule has 0 unspecified atom stereocenters. The van der Waals surface area contributed by atoms with Crippen molar-refractivity contribution in [3.8, 4) is 18.1 Å². The van der Waals surface area contributed by atoms with Gasteiger partial charge in [-0.1, -0.05) is 24.1 Å². The molecule has 0 fully saturated rings. The molecule has 0 spiro atoms. The minimum absolute atomic E-state index is 0.0542. The predicted molar refractivity (Wildman–Crippen MR) is 62.9 cm³/mol. The number of hydrogen-bond acceptors (Lipinski definition) is 3. The fourth-order valence-electron chi connectivity index (χ4n) is 1.30. The van der Waals surface area contributed by atoms with Gasteiger partial charge in [0.2, 0.25) is 0 Å². The molecule has 0 aliphatic rings. The largest absolute Gasteiger partial charge is 0.491 e. The van der Waals surface area contributed by atoms with Gasteiger partial charge in [-0.15, -0.1) is 6.42 Å². The molecule has 0 bridgehead atoms. The molecule has 4 heteroatoms. The van der Waals surface area contributed by atoms with Gasteiger partial charge in [0, 0.05) is 5.56 Å². The van der Waals surface area contributed by atoms with Gasteiger partial charge in [0.05, 0.1) is 13.0 Å². The summed E-state index contributed by atoms with van der Waals surface area (Å²) in [6, 6.07) is 7.04. The van der Waals surface area contributed by atoms with E-state index in [1.807, 2.05) is 0 Å². The molecule has 90 valence electrons. The molecule has 0 amide bonds. The molecule has 17 heavy (non-hydrogen) atoms. The minimum atomic E-state index is -0.885. The Balaban J connectivity index is 2.46. The number of rotatable bonds is 7. The third kappa shape index (κ3) is 5.05. The highest BCUT2D eigenvalue weighted by molar-refractivity contribution is 5.71. The quantitative estimate of drug-likeness (QED) is 0.571. The van der Waals surface area contributed by atoms with Crippen molar-refractivity contribution in [2.75, 3.05) is 19.8 Å². The van der Waals surface area contributed by atoms with Crippen LogP contribution in [0, 0.1) is 12.3 Å². The standard InChI is InChI=1S/C13H14O4/c1-2-7-16-8-9-17-12-6-4-3-5-11(12)10-13(14)15/h1,3-6H,7-10H2,(H,14,15). The zero-order valence-electron chi connectivity index (χ0n) is 9.39. The normalized spacial score (nSPS) is 9.59. The molecule has 0 aliphatic heterocycles. The molecule has 0 aromatic heterocycles. The lowest BCUT2D eigenvalue weighted by atomic mass is 10.1. The van der Waals surface area contributed by atoms with Crippen molar-refractivity contribution in [2.24, 2.45) is 0 Å². The monoisotopic (exact) mass is 234 g/mol. The summed E-state index contributed by atoms with van der Waals surface area (Å²) in [5, 5.41) is 8.73. The third-order valence-corrected chi connectivity index (χ3v) is 1.98. The van der Waals surface area contributed by atoms with E-state index in [0.29, 0.717) is 24.5 Å². The van der Waals surface area contributed by atoms with Gasteiger partial charge >= 0.3 is 5.97 Å². The van der Waals surface area contributed by atoms with Gasteiger partial charge in [0.25, 0.3) is 0 Å². The lowest BCUT2D eigenvalue weighted by Gasteiger charge is -2.09. The Morgan fingerprint density at radius 1 is 1.35 bits per heavy atom. The number of para-hydroxylation sites is 1. The van der Waals surface area contributed by atoms with E-state index < -0.39 is 5.97 Å². The molecule has 0 saturated carbocycles. The first-order chi connectivity index (χ1) is 8.24. The van der Waals surface area contributed by atoms with Crippen molar-refractivity contribution in [3.63, 3.8) is 0 Å². The average Bonchev–Trinajstić information content (AvgIpc) is 2.30. The lowest BCUT2D eigenvalue weighted by molar-refractivity contribution is -0.136. The molecule has 0 aliphatic carbocycles. The molecular formula is C13H14O4. The molecule has 1 N–H and O–H groups in total. The second-order valence-electron chi connectivity index (χ2n) is 3.28. The third-order valence-electron chi connectivity index (χ3n) is 1.98. The Bertz CT molecular complexity index is 406. The van der Waals surface area contributed by atoms with Crippen LogP contribution in [0.3, 0.4) is 0 Å². The summed E-state index contributed by atoms with van der Waals surface area (Å²) in [7, 11) is 0. The minimum Gasteiger partial charge on any atom is -0.491 e. The van der Waals surface area contributed by atoms with E-state index in [-0.39, 0.29) is 13.0 Å². The number of carboxylic acid groups (broad SMARTS) is 1. The molecule has 4 nitrogen and oxygen atoms in total. The molecule has 1 aromatic rings. The van der Waals surface area contributed by atoms with E-state index >= 15 is 0 Å². The first-order valence-corrected chi connectivity index (χ1v) is 5.17. The Labute approximate surface area is 100 Å². The maximum absolute atomic E-state index is 10.6. The van der Waals surface area contributed by atoms with Gasteiger partial charge in [-0.2, -0.15) is 0 Å². The number of benzene rings is 1. The van der Waals surface area contributed by atoms with Crippen LogP contribution in [-0.4, -0.2) is 30.9 Å². The van der Waals surface area contributed by atoms with Crippen LogP contribution in [0.4, 0.5) is 0 Å². The highest BCUT2D eigenvalue weighted by Crippen LogP contribution is 2.18. The first kappa shape index (κ1) is 13.1. The molecule has 0 heterocycles. The summed E-state index contributed by atoms with van der Waals surface area (Å²) in [4.78, 5) is 10.6. The Morgan fingerprint density at radius 2 is 2.12 bits per heavy atom. The van der Waals surface area contributed by atoms with Crippen molar-refractivity contribution < 1.29 is 19.4 Å². The van der Waals surface area contributed by atoms with Crippen LogP contribution in [0.25, 0.3) is 0 Å². The van der Waals surface area contributed by atoms with Crippen LogP contribution < -0.4 is 4.74 Å². The summed E-state index contributed by atoms with van der Waals surface area (Å²) in [5.74, 6) is 2.03. The fraction of sp³-hybridized carbons (Fsp3) is 0.308. The van der Waals surface area contributed by atoms with Crippen LogP contribution >= 0.6 is 0 Å². The average molecular weight is 234 g/mol. The van der Waals surface area contributed by atoms with E-state index in [1.54, 1.807) is 24.3 Å². The van der Waals surface area contributed by atoms with Crippen LogP contribution in [-0.2, 0) is 16.0 Å². The van der Waals surface area contributed by atoms with Gasteiger partial charge < -0.3 is 14.6 Å². The van der Waals surface area contributed by atoms with E-state index in [2.05, 4.69) is 5.92 Å². The van der Waals surface area contributed by atoms with Crippen molar-refractivity contribution in [1.29, 1.82) is 0 Å². The first-order valence-electron chi connectivity index (χ1n) is 5.17. The van der Waals surface area contributed by atoms with E-state index in [0.717, 1.165) is 0 Å². The molecule has 1 aromatic carbocycles. The van der Waals surface area contributed by atoms with Crippen molar-refractivity contribution in [2.45, 2.75) is 6.42 Å². The van der Waals surface area contributed by atoms with Crippen molar-refractivity contribution in [3.05, 3.63) is 29.8 Å². The van der Waals surface area contributed by atoms with Crippen molar-refractivity contribution >= 4 is 5.97 Å². The fourth-order valence-corrected chi connectivity index (χ4v) is 1.30. The Kier molecular flexibility index (Phi) is 5.62. The second kappa shape index (κ2) is 7.31. The highest BCUT2D eigenvalue weighted by Gasteiger charge is 2.06. The summed E-state index contributed by atoms with van der Waals surface area (Å²) in [6.07, 6.45) is 4.97. The number of carbonyl (C=O) groups is 1. The van der Waals surface area contributed by atoms with Crippen LogP contribution in [0.15, 0.2) is 24.3 Å². The van der Waals surface area contributed by atoms with Gasteiger partial charge in [0.1, 0.15) is 19.0 Å². The van der Waals surface area contributed by atoms with Gasteiger partial charge in [0.15, 0.2) is 0 Å². The predicted octanol–water partition coefficient (Wildman–Crippen LogP) is 1.34. The Hall–Kier alpha value is -1.99. The number of carboxylic acids is 1. The number of terminal acetylenes is 1. The maximum Gasteiger partial charge on any atom is 0.307 e. The van der Waals surface area contributed by atoms with Gasteiger partial charge in [-0.25, -0.2) is 0 Å². The smallest absolute Gasteiger partial charge is 0.307 e. The molecule has 0 atom stereocenters. The van der Waals surface area contributed by atoms with E-state index in [4.69, 9.17) is 21.0 Å². The molecular weight excluding hydrogens is 220 g/mol.